The second-order valence-electron chi connectivity index (χ2n) is 8.46. The number of hydroxylamine groups is 1. The number of aliphatic hydroxyl groups is 1. The average molecular weight is 461 g/mol. The molecule has 3 rings (SSSR count). The highest BCUT2D eigenvalue weighted by atomic mass is 32.2. The average Bonchev–Trinajstić information content (AvgIpc) is 3.54. The number of nitrogens with one attached hydrogen (secondary N) is 1. The van der Waals surface area contributed by atoms with E-state index in [0.717, 1.165) is 29.4 Å². The van der Waals surface area contributed by atoms with Gasteiger partial charge in [-0.25, -0.2) is 13.9 Å². The molecular formula is C23H28N2O6S. The van der Waals surface area contributed by atoms with Gasteiger partial charge in [0.15, 0.2) is 14.6 Å². The molecular weight excluding hydrogens is 432 g/mol. The van der Waals surface area contributed by atoms with Gasteiger partial charge in [0.1, 0.15) is 0 Å². The summed E-state index contributed by atoms with van der Waals surface area (Å²) >= 11 is 0. The summed E-state index contributed by atoms with van der Waals surface area (Å²) in [6.45, 7) is 1.44. The Kier molecular flexibility index (Phi) is 7.02. The molecule has 3 N–H and O–H groups in total. The maximum absolute atomic E-state index is 12.6. The van der Waals surface area contributed by atoms with Gasteiger partial charge in [0, 0.05) is 31.7 Å². The Labute approximate surface area is 187 Å². The quantitative estimate of drug-likeness (QED) is 0.387. The van der Waals surface area contributed by atoms with Crippen LogP contribution in [0.4, 0.5) is 0 Å². The summed E-state index contributed by atoms with van der Waals surface area (Å²) in [5.41, 5.74) is 3.70. The van der Waals surface area contributed by atoms with E-state index in [9.17, 15) is 18.0 Å². The molecule has 1 aliphatic carbocycles. The number of allylic oxidation sites excluding steroid dienone is 1. The van der Waals surface area contributed by atoms with Crippen molar-refractivity contribution in [1.29, 1.82) is 0 Å². The Balaban J connectivity index is 1.71. The smallest absolute Gasteiger partial charge is 0.264 e. The van der Waals surface area contributed by atoms with Crippen LogP contribution in [0.3, 0.4) is 0 Å². The highest BCUT2D eigenvalue weighted by molar-refractivity contribution is 7.92. The second kappa shape index (κ2) is 9.40. The Bertz CT molecular complexity index is 1170. The molecule has 0 radical (unpaired) electrons. The number of hydrogen-bond donors (Lipinski definition) is 3. The standard InChI is InChI=1S/C23H28N2O6S/c1-23(22(28)24-29,32(2,30)31)10-12-25-11-9-19(14-21(25)27)17-6-3-16(4-7-17)5-8-18-13-20(18)15-26/h3-9,11,14,18,20,26,29H,10,12-13,15H2,1-2H3,(H,24,28)/t18-,20+,23?/m1/s1. The number of carbonyl (C=O) groups excluding carboxylic acids is 1. The van der Waals surface area contributed by atoms with Gasteiger partial charge in [-0.3, -0.25) is 14.8 Å². The van der Waals surface area contributed by atoms with E-state index in [1.807, 2.05) is 30.3 Å². The zero-order valence-electron chi connectivity index (χ0n) is 18.1. The first-order valence-electron chi connectivity index (χ1n) is 10.3. The third-order valence-corrected chi connectivity index (χ3v) is 8.24. The number of pyridine rings is 1. The van der Waals surface area contributed by atoms with Crippen LogP contribution >= 0.6 is 0 Å². The number of aryl methyl sites for hydroxylation is 1. The molecule has 1 aromatic carbocycles. The molecule has 1 aromatic heterocycles. The van der Waals surface area contributed by atoms with Crippen molar-refractivity contribution in [3.63, 3.8) is 0 Å². The van der Waals surface area contributed by atoms with Gasteiger partial charge in [0.05, 0.1) is 0 Å². The number of hydrogen-bond acceptors (Lipinski definition) is 6. The van der Waals surface area contributed by atoms with Crippen LogP contribution in [-0.4, -0.2) is 46.8 Å². The first-order valence-corrected chi connectivity index (χ1v) is 12.2. The van der Waals surface area contributed by atoms with E-state index < -0.39 is 20.5 Å². The van der Waals surface area contributed by atoms with Gasteiger partial charge in [0.2, 0.25) is 0 Å². The van der Waals surface area contributed by atoms with E-state index in [1.54, 1.807) is 12.3 Å². The molecule has 3 atom stereocenters. The first-order chi connectivity index (χ1) is 15.1. The minimum absolute atomic E-state index is 0.00413. The van der Waals surface area contributed by atoms with E-state index in [0.29, 0.717) is 11.8 Å². The number of amides is 1. The molecule has 1 saturated carbocycles. The topological polar surface area (TPSA) is 126 Å². The van der Waals surface area contributed by atoms with E-state index in [4.69, 9.17) is 10.3 Å². The lowest BCUT2D eigenvalue weighted by atomic mass is 10.0. The molecule has 2 aromatic rings. The number of benzene rings is 1. The zero-order valence-corrected chi connectivity index (χ0v) is 18.9. The summed E-state index contributed by atoms with van der Waals surface area (Å²) in [4.78, 5) is 24.5. The molecule has 0 aliphatic heterocycles. The molecule has 9 heteroatoms. The molecule has 0 spiro atoms. The van der Waals surface area contributed by atoms with Crippen LogP contribution < -0.4 is 11.0 Å². The van der Waals surface area contributed by atoms with Crippen LogP contribution in [0.25, 0.3) is 17.2 Å². The second-order valence-corrected chi connectivity index (χ2v) is 10.9. The normalized spacial score (nSPS) is 20.1. The number of nitrogens with zero attached hydrogens (tertiary/aromatic N) is 1. The van der Waals surface area contributed by atoms with Crippen molar-refractivity contribution in [2.24, 2.45) is 11.8 Å². The predicted octanol–water partition coefficient (Wildman–Crippen LogP) is 1.86. The summed E-state index contributed by atoms with van der Waals surface area (Å²) in [5.74, 6) is -0.210. The lowest BCUT2D eigenvalue weighted by Gasteiger charge is -2.25. The summed E-state index contributed by atoms with van der Waals surface area (Å²) < 4.78 is 23.6. The molecule has 32 heavy (non-hydrogen) atoms. The van der Waals surface area contributed by atoms with Gasteiger partial charge >= 0.3 is 0 Å². The summed E-state index contributed by atoms with van der Waals surface area (Å²) in [6, 6.07) is 11.0. The molecule has 172 valence electrons. The van der Waals surface area contributed by atoms with Crippen molar-refractivity contribution in [2.75, 3.05) is 12.9 Å². The molecule has 1 fully saturated rings. The van der Waals surface area contributed by atoms with Crippen molar-refractivity contribution in [2.45, 2.75) is 31.1 Å². The molecule has 1 unspecified atom stereocenters. The van der Waals surface area contributed by atoms with Gasteiger partial charge in [0.25, 0.3) is 11.5 Å². The summed E-state index contributed by atoms with van der Waals surface area (Å²) in [5, 5.41) is 18.0. The van der Waals surface area contributed by atoms with Gasteiger partial charge < -0.3 is 9.67 Å². The molecule has 0 saturated heterocycles. The van der Waals surface area contributed by atoms with Crippen molar-refractivity contribution in [3.05, 3.63) is 64.6 Å². The van der Waals surface area contributed by atoms with Crippen molar-refractivity contribution >= 4 is 21.8 Å². The third-order valence-electron chi connectivity index (χ3n) is 6.22. The minimum Gasteiger partial charge on any atom is -0.396 e. The number of rotatable bonds is 9. The molecule has 1 amide bonds. The van der Waals surface area contributed by atoms with E-state index in [1.165, 1.54) is 23.0 Å². The Morgan fingerprint density at radius 2 is 1.94 bits per heavy atom. The lowest BCUT2D eigenvalue weighted by Crippen LogP contribution is -2.49. The van der Waals surface area contributed by atoms with Crippen LogP contribution in [-0.2, 0) is 21.2 Å². The maximum atomic E-state index is 12.6. The summed E-state index contributed by atoms with van der Waals surface area (Å²) in [7, 11) is -3.83. The Morgan fingerprint density at radius 1 is 1.25 bits per heavy atom. The SMILES string of the molecule is CC(CCn1ccc(-c2ccc(C=C[C@@H]3C[C@H]3CO)cc2)cc1=O)(C(=O)NO)S(C)(=O)=O. The van der Waals surface area contributed by atoms with Crippen LogP contribution in [0.1, 0.15) is 25.3 Å². The third kappa shape index (κ3) is 5.17. The Hall–Kier alpha value is -2.75. The number of sulfone groups is 1. The number of aliphatic hydroxyl groups excluding tert-OH is 1. The van der Waals surface area contributed by atoms with E-state index in [-0.39, 0.29) is 25.1 Å². The first kappa shape index (κ1) is 23.9. The largest absolute Gasteiger partial charge is 0.396 e. The fourth-order valence-corrected chi connectivity index (χ4v) is 4.37. The molecule has 8 nitrogen and oxygen atoms in total. The van der Waals surface area contributed by atoms with Gasteiger partial charge in [-0.05, 0) is 54.4 Å². The highest BCUT2D eigenvalue weighted by Gasteiger charge is 2.43. The van der Waals surface area contributed by atoms with Crippen LogP contribution in [0.2, 0.25) is 0 Å². The number of aromatic nitrogens is 1. The van der Waals surface area contributed by atoms with Gasteiger partial charge in [-0.1, -0.05) is 36.4 Å². The van der Waals surface area contributed by atoms with Gasteiger partial charge in [-0.15, -0.1) is 0 Å². The lowest BCUT2D eigenvalue weighted by molar-refractivity contribution is -0.131. The predicted molar refractivity (Wildman–Crippen MR) is 122 cm³/mol. The van der Waals surface area contributed by atoms with Crippen molar-refractivity contribution in [1.82, 2.24) is 10.0 Å². The van der Waals surface area contributed by atoms with E-state index in [2.05, 4.69) is 6.08 Å². The van der Waals surface area contributed by atoms with Crippen LogP contribution in [0, 0.1) is 11.8 Å². The van der Waals surface area contributed by atoms with Crippen molar-refractivity contribution < 1.29 is 23.5 Å². The fraction of sp³-hybridized carbons (Fsp3) is 0.391. The molecule has 1 aliphatic rings. The molecule has 1 heterocycles. The fourth-order valence-electron chi connectivity index (χ4n) is 3.53. The summed E-state index contributed by atoms with van der Waals surface area (Å²) in [6.07, 6.45) is 7.48. The molecule has 0 bridgehead atoms. The monoisotopic (exact) mass is 460 g/mol. The Morgan fingerprint density at radius 3 is 2.47 bits per heavy atom. The highest BCUT2D eigenvalue weighted by Crippen LogP contribution is 2.39. The minimum atomic E-state index is -3.83. The number of carbonyl (C=O) groups is 1. The van der Waals surface area contributed by atoms with E-state index >= 15 is 0 Å². The van der Waals surface area contributed by atoms with Crippen LogP contribution in [0.15, 0.2) is 53.5 Å². The van der Waals surface area contributed by atoms with Gasteiger partial charge in [-0.2, -0.15) is 0 Å². The van der Waals surface area contributed by atoms with Crippen molar-refractivity contribution in [3.8, 4) is 11.1 Å². The zero-order chi connectivity index (χ0) is 23.5. The van der Waals surface area contributed by atoms with Crippen LogP contribution in [0.5, 0.6) is 0 Å². The maximum Gasteiger partial charge on any atom is 0.264 e.